The first-order valence-corrected chi connectivity index (χ1v) is 7.79. The summed E-state index contributed by atoms with van der Waals surface area (Å²) in [7, 11) is 1.86. The highest BCUT2D eigenvalue weighted by Gasteiger charge is 2.19. The average Bonchev–Trinajstić information content (AvgIpc) is 3.13. The Labute approximate surface area is 140 Å². The lowest BCUT2D eigenvalue weighted by molar-refractivity contribution is 0.252. The van der Waals surface area contributed by atoms with Gasteiger partial charge in [-0.2, -0.15) is 10.2 Å². The highest BCUT2D eigenvalue weighted by molar-refractivity contribution is 5.90. The summed E-state index contributed by atoms with van der Waals surface area (Å²) in [6.07, 6.45) is 3.67. The Morgan fingerprint density at radius 1 is 1.25 bits per heavy atom. The summed E-state index contributed by atoms with van der Waals surface area (Å²) in [6.45, 7) is 4.37. The highest BCUT2D eigenvalue weighted by Crippen LogP contribution is 2.30. The van der Waals surface area contributed by atoms with Crippen LogP contribution in [-0.2, 0) is 7.05 Å². The smallest absolute Gasteiger partial charge is 0.320 e. The summed E-state index contributed by atoms with van der Waals surface area (Å²) in [5, 5.41) is 14.5. The van der Waals surface area contributed by atoms with Crippen LogP contribution in [0.25, 0.3) is 16.9 Å². The number of para-hydroxylation sites is 1. The van der Waals surface area contributed by atoms with Crippen LogP contribution >= 0.6 is 0 Å². The van der Waals surface area contributed by atoms with Crippen molar-refractivity contribution in [3.8, 4) is 16.9 Å². The Morgan fingerprint density at radius 2 is 2.00 bits per heavy atom. The molecule has 0 saturated heterocycles. The Kier molecular flexibility index (Phi) is 4.33. The number of anilines is 1. The van der Waals surface area contributed by atoms with Crippen molar-refractivity contribution in [2.75, 3.05) is 11.9 Å². The quantitative estimate of drug-likeness (QED) is 0.774. The van der Waals surface area contributed by atoms with Crippen molar-refractivity contribution >= 4 is 11.8 Å². The third-order valence-electron chi connectivity index (χ3n) is 3.67. The van der Waals surface area contributed by atoms with Gasteiger partial charge in [0.2, 0.25) is 0 Å². The summed E-state index contributed by atoms with van der Waals surface area (Å²) < 4.78 is 3.47. The van der Waals surface area contributed by atoms with Gasteiger partial charge >= 0.3 is 6.03 Å². The zero-order chi connectivity index (χ0) is 17.1. The molecule has 3 aromatic rings. The lowest BCUT2D eigenvalue weighted by atomic mass is 10.1. The zero-order valence-electron chi connectivity index (χ0n) is 13.9. The molecule has 0 aliphatic carbocycles. The lowest BCUT2D eigenvalue weighted by Crippen LogP contribution is -2.29. The molecular formula is C17H20N6O. The maximum absolute atomic E-state index is 12.0. The Balaban J connectivity index is 2.10. The van der Waals surface area contributed by atoms with Gasteiger partial charge in [0.1, 0.15) is 11.5 Å². The molecule has 24 heavy (non-hydrogen) atoms. The molecule has 0 unspecified atom stereocenters. The molecule has 2 aromatic heterocycles. The zero-order valence-corrected chi connectivity index (χ0v) is 13.9. The first-order valence-electron chi connectivity index (χ1n) is 7.79. The van der Waals surface area contributed by atoms with Gasteiger partial charge in [0.25, 0.3) is 0 Å². The maximum atomic E-state index is 12.0. The number of urea groups is 1. The van der Waals surface area contributed by atoms with Crippen molar-refractivity contribution in [2.45, 2.75) is 13.8 Å². The maximum Gasteiger partial charge on any atom is 0.320 e. The van der Waals surface area contributed by atoms with Crippen LogP contribution in [0.2, 0.25) is 0 Å². The van der Waals surface area contributed by atoms with Crippen LogP contribution in [0.4, 0.5) is 10.6 Å². The van der Waals surface area contributed by atoms with Crippen molar-refractivity contribution in [2.24, 2.45) is 7.05 Å². The molecule has 2 N–H and O–H groups in total. The average molecular weight is 324 g/mol. The van der Waals surface area contributed by atoms with Gasteiger partial charge in [-0.05, 0) is 26.0 Å². The van der Waals surface area contributed by atoms with Crippen molar-refractivity contribution in [3.05, 3.63) is 48.3 Å². The van der Waals surface area contributed by atoms with Crippen molar-refractivity contribution in [1.29, 1.82) is 0 Å². The van der Waals surface area contributed by atoms with Crippen LogP contribution < -0.4 is 10.6 Å². The number of amides is 2. The second kappa shape index (κ2) is 6.57. The second-order valence-corrected chi connectivity index (χ2v) is 5.46. The van der Waals surface area contributed by atoms with E-state index in [-0.39, 0.29) is 6.03 Å². The normalized spacial score (nSPS) is 10.6. The van der Waals surface area contributed by atoms with Gasteiger partial charge in [0, 0.05) is 30.9 Å². The first kappa shape index (κ1) is 15.8. The fourth-order valence-corrected chi connectivity index (χ4v) is 2.53. The molecule has 0 radical (unpaired) electrons. The highest BCUT2D eigenvalue weighted by atomic mass is 16.2. The number of carbonyl (C=O) groups is 1. The monoisotopic (exact) mass is 324 g/mol. The summed E-state index contributed by atoms with van der Waals surface area (Å²) >= 11 is 0. The molecule has 1 aromatic carbocycles. The van der Waals surface area contributed by atoms with Crippen molar-refractivity contribution in [1.82, 2.24) is 24.9 Å². The molecule has 2 heterocycles. The van der Waals surface area contributed by atoms with Gasteiger partial charge in [-0.3, -0.25) is 10.00 Å². The number of nitrogens with zero attached hydrogens (tertiary/aromatic N) is 4. The van der Waals surface area contributed by atoms with E-state index in [1.165, 1.54) is 0 Å². The van der Waals surface area contributed by atoms with Gasteiger partial charge in [0.15, 0.2) is 0 Å². The number of nitrogens with one attached hydrogen (secondary N) is 2. The molecule has 0 aliphatic heterocycles. The van der Waals surface area contributed by atoms with E-state index in [1.54, 1.807) is 15.6 Å². The van der Waals surface area contributed by atoms with Gasteiger partial charge in [-0.25, -0.2) is 9.48 Å². The predicted molar refractivity (Wildman–Crippen MR) is 93.2 cm³/mol. The van der Waals surface area contributed by atoms with E-state index >= 15 is 0 Å². The van der Waals surface area contributed by atoms with Crippen LogP contribution in [0, 0.1) is 6.92 Å². The van der Waals surface area contributed by atoms with Gasteiger partial charge in [-0.1, -0.05) is 18.2 Å². The fourth-order valence-electron chi connectivity index (χ4n) is 2.53. The largest absolute Gasteiger partial charge is 0.338 e. The standard InChI is InChI=1S/C17H20N6O/c1-4-18-17(24)20-16-12(2)15(13-10-19-22(3)11-13)21-23(16)14-8-6-5-7-9-14/h5-11H,4H2,1-3H3,(H2,18,20,24). The molecule has 0 fully saturated rings. The topological polar surface area (TPSA) is 76.8 Å². The number of carbonyl (C=O) groups excluding carboxylic acids is 1. The minimum atomic E-state index is -0.254. The molecule has 0 saturated carbocycles. The minimum Gasteiger partial charge on any atom is -0.338 e. The molecule has 2 amide bonds. The van der Waals surface area contributed by atoms with Crippen LogP contribution in [0.5, 0.6) is 0 Å². The van der Waals surface area contributed by atoms with Gasteiger partial charge in [-0.15, -0.1) is 0 Å². The summed E-state index contributed by atoms with van der Waals surface area (Å²) in [5.74, 6) is 0.644. The lowest BCUT2D eigenvalue weighted by Gasteiger charge is -2.10. The minimum absolute atomic E-state index is 0.254. The molecule has 7 nitrogen and oxygen atoms in total. The molecule has 3 rings (SSSR count). The SMILES string of the molecule is CCNC(=O)Nc1c(C)c(-c2cnn(C)c2)nn1-c1ccccc1. The van der Waals surface area contributed by atoms with E-state index in [0.29, 0.717) is 12.4 Å². The van der Waals surface area contributed by atoms with Crippen LogP contribution in [0.1, 0.15) is 12.5 Å². The number of aryl methyl sites for hydroxylation is 1. The fraction of sp³-hybridized carbons (Fsp3) is 0.235. The number of hydrogen-bond acceptors (Lipinski definition) is 3. The Bertz CT molecular complexity index is 849. The van der Waals surface area contributed by atoms with Crippen molar-refractivity contribution in [3.63, 3.8) is 0 Å². The van der Waals surface area contributed by atoms with E-state index in [1.807, 2.05) is 57.4 Å². The molecule has 0 bridgehead atoms. The van der Waals surface area contributed by atoms with E-state index in [2.05, 4.69) is 15.7 Å². The summed E-state index contributed by atoms with van der Waals surface area (Å²) in [4.78, 5) is 12.0. The number of aromatic nitrogens is 4. The van der Waals surface area contributed by atoms with E-state index in [4.69, 9.17) is 5.10 Å². The number of rotatable bonds is 4. The van der Waals surface area contributed by atoms with Gasteiger partial charge in [0.05, 0.1) is 11.9 Å². The molecule has 124 valence electrons. The number of hydrogen-bond donors (Lipinski definition) is 2. The predicted octanol–water partition coefficient (Wildman–Crippen LogP) is 2.72. The third kappa shape index (κ3) is 3.01. The summed E-state index contributed by atoms with van der Waals surface area (Å²) in [5.41, 5.74) is 3.46. The third-order valence-corrected chi connectivity index (χ3v) is 3.67. The van der Waals surface area contributed by atoms with Crippen molar-refractivity contribution < 1.29 is 4.79 Å². The van der Waals surface area contributed by atoms with Gasteiger partial charge < -0.3 is 5.32 Å². The van der Waals surface area contributed by atoms with Crippen LogP contribution in [0.3, 0.4) is 0 Å². The Hall–Kier alpha value is -3.09. The van der Waals surface area contributed by atoms with E-state index in [0.717, 1.165) is 22.5 Å². The Morgan fingerprint density at radius 3 is 2.62 bits per heavy atom. The molecule has 0 atom stereocenters. The second-order valence-electron chi connectivity index (χ2n) is 5.46. The van der Waals surface area contributed by atoms with E-state index in [9.17, 15) is 4.79 Å². The number of benzene rings is 1. The molecule has 0 spiro atoms. The first-order chi connectivity index (χ1) is 11.6. The summed E-state index contributed by atoms with van der Waals surface area (Å²) in [6, 6.07) is 9.46. The molecule has 7 heteroatoms. The molecule has 0 aliphatic rings. The van der Waals surface area contributed by atoms with Crippen LogP contribution in [-0.4, -0.2) is 32.1 Å². The molecular weight excluding hydrogens is 304 g/mol. The van der Waals surface area contributed by atoms with Crippen LogP contribution in [0.15, 0.2) is 42.7 Å². The van der Waals surface area contributed by atoms with E-state index < -0.39 is 0 Å².